The van der Waals surface area contributed by atoms with Crippen molar-refractivity contribution in [2.45, 2.75) is 19.6 Å². The van der Waals surface area contributed by atoms with Crippen LogP contribution >= 0.6 is 0 Å². The van der Waals surface area contributed by atoms with E-state index >= 15 is 0 Å². The van der Waals surface area contributed by atoms with Crippen LogP contribution in [0.2, 0.25) is 0 Å². The summed E-state index contributed by atoms with van der Waals surface area (Å²) in [5.74, 6) is 1.08. The molecule has 0 fully saturated rings. The summed E-state index contributed by atoms with van der Waals surface area (Å²) in [6.45, 7) is 2.01. The van der Waals surface area contributed by atoms with Crippen LogP contribution in [-0.2, 0) is 20.9 Å². The number of methoxy groups -OCH3 is 1. The summed E-state index contributed by atoms with van der Waals surface area (Å²) < 4.78 is 20.8. The molecule has 28 heavy (non-hydrogen) atoms. The molecule has 0 saturated carbocycles. The predicted octanol–water partition coefficient (Wildman–Crippen LogP) is 2.69. The van der Waals surface area contributed by atoms with Gasteiger partial charge in [-0.1, -0.05) is 18.2 Å². The SMILES string of the molecule is COc1ccc(/C=C/C(=O)O[C@H](C)C(=O)NCc2ccc3c(c2)OCO3)cc1. The van der Waals surface area contributed by atoms with Gasteiger partial charge in [-0.05, 0) is 48.4 Å². The Hall–Kier alpha value is -3.48. The van der Waals surface area contributed by atoms with Crippen molar-refractivity contribution in [3.05, 3.63) is 59.7 Å². The number of carbonyl (C=O) groups excluding carboxylic acids is 2. The largest absolute Gasteiger partial charge is 0.497 e. The van der Waals surface area contributed by atoms with Crippen molar-refractivity contribution in [3.63, 3.8) is 0 Å². The van der Waals surface area contributed by atoms with Crippen molar-refractivity contribution >= 4 is 18.0 Å². The van der Waals surface area contributed by atoms with E-state index in [1.165, 1.54) is 13.0 Å². The molecule has 7 nitrogen and oxygen atoms in total. The first-order valence-electron chi connectivity index (χ1n) is 8.74. The summed E-state index contributed by atoms with van der Waals surface area (Å²) in [6, 6.07) is 12.6. The average Bonchev–Trinajstić information content (AvgIpc) is 3.18. The minimum absolute atomic E-state index is 0.197. The van der Waals surface area contributed by atoms with Crippen LogP contribution in [0.25, 0.3) is 6.08 Å². The van der Waals surface area contributed by atoms with Crippen LogP contribution in [0.3, 0.4) is 0 Å². The fraction of sp³-hybridized carbons (Fsp3) is 0.238. The first-order chi connectivity index (χ1) is 13.5. The number of benzene rings is 2. The quantitative estimate of drug-likeness (QED) is 0.585. The van der Waals surface area contributed by atoms with E-state index in [0.717, 1.165) is 16.9 Å². The molecule has 0 spiro atoms. The van der Waals surface area contributed by atoms with Crippen molar-refractivity contribution in [2.24, 2.45) is 0 Å². The van der Waals surface area contributed by atoms with Gasteiger partial charge in [-0.2, -0.15) is 0 Å². The summed E-state index contributed by atoms with van der Waals surface area (Å²) in [5.41, 5.74) is 1.67. The lowest BCUT2D eigenvalue weighted by Gasteiger charge is -2.12. The Balaban J connectivity index is 1.46. The van der Waals surface area contributed by atoms with Gasteiger partial charge in [0.2, 0.25) is 6.79 Å². The number of nitrogens with one attached hydrogen (secondary N) is 1. The van der Waals surface area contributed by atoms with Gasteiger partial charge in [0.1, 0.15) is 5.75 Å². The van der Waals surface area contributed by atoms with Crippen molar-refractivity contribution < 1.29 is 28.5 Å². The molecule has 3 rings (SSSR count). The second-order valence-electron chi connectivity index (χ2n) is 6.09. The van der Waals surface area contributed by atoms with Crippen LogP contribution in [-0.4, -0.2) is 31.9 Å². The standard InChI is InChI=1S/C21H21NO6/c1-14(28-20(23)10-6-15-3-7-17(25-2)8-4-15)21(24)22-12-16-5-9-18-19(11-16)27-13-26-18/h3-11,14H,12-13H2,1-2H3,(H,22,24)/b10-6+/t14-/m1/s1. The fourth-order valence-electron chi connectivity index (χ4n) is 2.53. The molecule has 146 valence electrons. The second kappa shape index (κ2) is 8.94. The molecule has 1 N–H and O–H groups in total. The Bertz CT molecular complexity index is 875. The summed E-state index contributed by atoms with van der Waals surface area (Å²) in [7, 11) is 1.58. The maximum atomic E-state index is 12.1. The molecule has 1 amide bonds. The molecule has 0 unspecified atom stereocenters. The molecule has 1 aliphatic rings. The third-order valence-electron chi connectivity index (χ3n) is 4.09. The molecule has 1 atom stereocenters. The minimum atomic E-state index is -0.915. The van der Waals surface area contributed by atoms with E-state index in [0.29, 0.717) is 18.0 Å². The second-order valence-corrected chi connectivity index (χ2v) is 6.09. The van der Waals surface area contributed by atoms with Crippen molar-refractivity contribution in [3.8, 4) is 17.2 Å². The summed E-state index contributed by atoms with van der Waals surface area (Å²) in [5, 5.41) is 2.73. The van der Waals surface area contributed by atoms with E-state index in [9.17, 15) is 9.59 Å². The molecule has 0 aliphatic carbocycles. The number of hydrogen-bond acceptors (Lipinski definition) is 6. The van der Waals surface area contributed by atoms with E-state index in [4.69, 9.17) is 18.9 Å². The number of esters is 1. The Morgan fingerprint density at radius 3 is 2.64 bits per heavy atom. The highest BCUT2D eigenvalue weighted by Gasteiger charge is 2.17. The van der Waals surface area contributed by atoms with Gasteiger partial charge in [-0.3, -0.25) is 4.79 Å². The van der Waals surface area contributed by atoms with Crippen molar-refractivity contribution in [2.75, 3.05) is 13.9 Å². The first-order valence-corrected chi connectivity index (χ1v) is 8.74. The van der Waals surface area contributed by atoms with E-state index < -0.39 is 12.1 Å². The third kappa shape index (κ3) is 5.03. The molecule has 1 aliphatic heterocycles. The number of carbonyl (C=O) groups is 2. The molecular weight excluding hydrogens is 362 g/mol. The lowest BCUT2D eigenvalue weighted by atomic mass is 10.2. The predicted molar refractivity (Wildman–Crippen MR) is 102 cm³/mol. The zero-order valence-corrected chi connectivity index (χ0v) is 15.6. The van der Waals surface area contributed by atoms with E-state index in [-0.39, 0.29) is 12.7 Å². The van der Waals surface area contributed by atoms with Gasteiger partial charge in [-0.25, -0.2) is 4.79 Å². The summed E-state index contributed by atoms with van der Waals surface area (Å²) >= 11 is 0. The maximum absolute atomic E-state index is 12.1. The number of hydrogen-bond donors (Lipinski definition) is 1. The van der Waals surface area contributed by atoms with Gasteiger partial charge in [0.25, 0.3) is 5.91 Å². The zero-order chi connectivity index (χ0) is 19.9. The zero-order valence-electron chi connectivity index (χ0n) is 15.6. The van der Waals surface area contributed by atoms with Gasteiger partial charge in [0.05, 0.1) is 7.11 Å². The van der Waals surface area contributed by atoms with Gasteiger partial charge < -0.3 is 24.3 Å². The van der Waals surface area contributed by atoms with Crippen molar-refractivity contribution in [1.82, 2.24) is 5.32 Å². The Morgan fingerprint density at radius 1 is 1.14 bits per heavy atom. The average molecular weight is 383 g/mol. The van der Waals surface area contributed by atoms with Crippen LogP contribution in [0.4, 0.5) is 0 Å². The lowest BCUT2D eigenvalue weighted by molar-refractivity contribution is -0.150. The Labute approximate surface area is 162 Å². The van der Waals surface area contributed by atoms with Crippen LogP contribution in [0.15, 0.2) is 48.5 Å². The van der Waals surface area contributed by atoms with Crippen LogP contribution < -0.4 is 19.5 Å². The van der Waals surface area contributed by atoms with Crippen LogP contribution in [0.1, 0.15) is 18.1 Å². The van der Waals surface area contributed by atoms with Crippen LogP contribution in [0, 0.1) is 0 Å². The molecule has 0 saturated heterocycles. The monoisotopic (exact) mass is 383 g/mol. The lowest BCUT2D eigenvalue weighted by Crippen LogP contribution is -2.35. The molecule has 7 heteroatoms. The topological polar surface area (TPSA) is 83.1 Å². The first kappa shape index (κ1) is 19.3. The van der Waals surface area contributed by atoms with E-state index in [1.807, 2.05) is 18.2 Å². The highest BCUT2D eigenvalue weighted by Crippen LogP contribution is 2.32. The highest BCUT2D eigenvalue weighted by atomic mass is 16.7. The highest BCUT2D eigenvalue weighted by molar-refractivity contribution is 5.90. The molecule has 2 aromatic carbocycles. The fourth-order valence-corrected chi connectivity index (χ4v) is 2.53. The smallest absolute Gasteiger partial charge is 0.331 e. The Morgan fingerprint density at radius 2 is 1.89 bits per heavy atom. The normalized spacial score (nSPS) is 13.2. The molecule has 0 aromatic heterocycles. The Kier molecular flexibility index (Phi) is 6.16. The van der Waals surface area contributed by atoms with Gasteiger partial charge in [-0.15, -0.1) is 0 Å². The van der Waals surface area contributed by atoms with Gasteiger partial charge in [0, 0.05) is 12.6 Å². The van der Waals surface area contributed by atoms with Gasteiger partial charge >= 0.3 is 5.97 Å². The number of fused-ring (bicyclic) bond motifs is 1. The molecule has 0 radical (unpaired) electrons. The van der Waals surface area contributed by atoms with Crippen LogP contribution in [0.5, 0.6) is 17.2 Å². The van der Waals surface area contributed by atoms with E-state index in [2.05, 4.69) is 5.32 Å². The van der Waals surface area contributed by atoms with Gasteiger partial charge in [0.15, 0.2) is 17.6 Å². The molecule has 2 aromatic rings. The summed E-state index contributed by atoms with van der Waals surface area (Å²) in [6.07, 6.45) is 1.98. The third-order valence-corrected chi connectivity index (χ3v) is 4.09. The maximum Gasteiger partial charge on any atom is 0.331 e. The number of rotatable bonds is 7. The number of ether oxygens (including phenoxy) is 4. The molecule has 0 bridgehead atoms. The molecule has 1 heterocycles. The van der Waals surface area contributed by atoms with Crippen molar-refractivity contribution in [1.29, 1.82) is 0 Å². The summed E-state index contributed by atoms with van der Waals surface area (Å²) in [4.78, 5) is 24.1. The van der Waals surface area contributed by atoms with E-state index in [1.54, 1.807) is 37.5 Å². The minimum Gasteiger partial charge on any atom is -0.497 e. The molecular formula is C21H21NO6. The number of amides is 1.